The van der Waals surface area contributed by atoms with Gasteiger partial charge >= 0.3 is 0 Å². The van der Waals surface area contributed by atoms with Crippen LogP contribution in [0.5, 0.6) is 11.5 Å². The van der Waals surface area contributed by atoms with Crippen LogP contribution in [-0.4, -0.2) is 31.7 Å². The van der Waals surface area contributed by atoms with Gasteiger partial charge < -0.3 is 15.8 Å². The Labute approximate surface area is 203 Å². The van der Waals surface area contributed by atoms with Crippen LogP contribution in [0.3, 0.4) is 0 Å². The molecule has 0 spiro atoms. The van der Waals surface area contributed by atoms with Gasteiger partial charge in [0.05, 0.1) is 11.4 Å². The van der Waals surface area contributed by atoms with Crippen molar-refractivity contribution in [3.8, 4) is 34.6 Å². The van der Waals surface area contributed by atoms with Crippen molar-refractivity contribution < 1.29 is 9.53 Å². The van der Waals surface area contributed by atoms with E-state index in [0.717, 1.165) is 59.5 Å². The van der Waals surface area contributed by atoms with E-state index in [0.29, 0.717) is 5.82 Å². The van der Waals surface area contributed by atoms with Crippen molar-refractivity contribution in [3.05, 3.63) is 60.9 Å². The van der Waals surface area contributed by atoms with Gasteiger partial charge in [-0.1, -0.05) is 24.1 Å². The minimum absolute atomic E-state index is 0.123. The number of carbonyl (C=O) groups excluding carboxylic acids is 1. The van der Waals surface area contributed by atoms with Crippen LogP contribution in [0.1, 0.15) is 38.6 Å². The van der Waals surface area contributed by atoms with E-state index in [-0.39, 0.29) is 18.0 Å². The van der Waals surface area contributed by atoms with Crippen molar-refractivity contribution in [1.82, 2.24) is 25.1 Å². The van der Waals surface area contributed by atoms with E-state index in [4.69, 9.17) is 15.6 Å². The molecule has 0 aliphatic heterocycles. The summed E-state index contributed by atoms with van der Waals surface area (Å²) in [5.74, 6) is 6.89. The summed E-state index contributed by atoms with van der Waals surface area (Å²) in [6, 6.07) is 17.7. The highest BCUT2D eigenvalue weighted by atomic mass is 16.5. The van der Waals surface area contributed by atoms with Crippen LogP contribution in [0.4, 0.5) is 5.82 Å². The number of anilines is 1. The van der Waals surface area contributed by atoms with Crippen molar-refractivity contribution in [2.24, 2.45) is 0 Å². The summed E-state index contributed by atoms with van der Waals surface area (Å²) >= 11 is 0. The lowest BCUT2D eigenvalue weighted by molar-refractivity contribution is -0.116. The number of carbonyl (C=O) groups is 1. The molecule has 0 radical (unpaired) electrons. The fourth-order valence-corrected chi connectivity index (χ4v) is 4.56. The third kappa shape index (κ3) is 4.80. The Hall–Kier alpha value is -4.38. The molecule has 8 nitrogen and oxygen atoms in total. The topological polar surface area (TPSA) is 108 Å². The lowest BCUT2D eigenvalue weighted by atomic mass is 9.91. The van der Waals surface area contributed by atoms with Crippen LogP contribution >= 0.6 is 0 Å². The second kappa shape index (κ2) is 9.85. The zero-order valence-electron chi connectivity index (χ0n) is 19.4. The molecule has 3 N–H and O–H groups in total. The molecule has 1 amide bonds. The monoisotopic (exact) mass is 466 g/mol. The molecule has 2 heterocycles. The standard InChI is InChI=1S/C27H26N6O2/c1-2-6-23(34)31-19-11-13-20(14-12-19)33-27-24(26(28)29-17-30-27)25(32-33)18-9-15-22(16-10-18)35-21-7-4-3-5-8-21/h3-5,7-10,15-17,19-20H,11-14H2,1H3,(H,31,34)(H2,28,29,30)/t19-,20-. The zero-order valence-corrected chi connectivity index (χ0v) is 19.4. The molecule has 0 unspecified atom stereocenters. The fourth-order valence-electron chi connectivity index (χ4n) is 4.56. The number of amides is 1. The normalized spacial score (nSPS) is 17.4. The third-order valence-corrected chi connectivity index (χ3v) is 6.24. The highest BCUT2D eigenvalue weighted by molar-refractivity contribution is 5.98. The number of para-hydroxylation sites is 1. The first-order valence-corrected chi connectivity index (χ1v) is 11.7. The smallest absolute Gasteiger partial charge is 0.296 e. The van der Waals surface area contributed by atoms with Crippen LogP contribution in [0.25, 0.3) is 22.3 Å². The fraction of sp³-hybridized carbons (Fsp3) is 0.259. The molecule has 8 heteroatoms. The Morgan fingerprint density at radius 1 is 1.03 bits per heavy atom. The second-order valence-corrected chi connectivity index (χ2v) is 8.54. The van der Waals surface area contributed by atoms with Gasteiger partial charge in [0.1, 0.15) is 29.3 Å². The molecule has 2 aromatic carbocycles. The summed E-state index contributed by atoms with van der Waals surface area (Å²) in [5, 5.41) is 8.70. The lowest BCUT2D eigenvalue weighted by Gasteiger charge is -2.28. The van der Waals surface area contributed by atoms with Crippen LogP contribution in [-0.2, 0) is 4.79 Å². The van der Waals surface area contributed by atoms with Crippen LogP contribution in [0, 0.1) is 11.8 Å². The van der Waals surface area contributed by atoms with Gasteiger partial charge in [-0.05, 0) is 74.9 Å². The van der Waals surface area contributed by atoms with Gasteiger partial charge in [-0.25, -0.2) is 14.6 Å². The molecule has 5 rings (SSSR count). The highest BCUT2D eigenvalue weighted by Gasteiger charge is 2.27. The number of aromatic nitrogens is 4. The maximum atomic E-state index is 11.8. The average Bonchev–Trinajstić information content (AvgIpc) is 3.27. The van der Waals surface area contributed by atoms with E-state index in [1.54, 1.807) is 6.92 Å². The summed E-state index contributed by atoms with van der Waals surface area (Å²) in [4.78, 5) is 20.6. The molecule has 2 aromatic heterocycles. The van der Waals surface area contributed by atoms with Crippen molar-refractivity contribution >= 4 is 22.8 Å². The minimum atomic E-state index is -0.219. The van der Waals surface area contributed by atoms with Gasteiger partial charge in [0.2, 0.25) is 0 Å². The Bertz CT molecular complexity index is 1390. The van der Waals surface area contributed by atoms with E-state index < -0.39 is 0 Å². The molecule has 35 heavy (non-hydrogen) atoms. The Balaban J connectivity index is 1.40. The predicted octanol–water partition coefficient (Wildman–Crippen LogP) is 4.49. The molecule has 1 aliphatic carbocycles. The number of ether oxygens (including phenoxy) is 1. The lowest BCUT2D eigenvalue weighted by Crippen LogP contribution is -2.37. The van der Waals surface area contributed by atoms with Crippen molar-refractivity contribution in [2.45, 2.75) is 44.7 Å². The molecular formula is C27H26N6O2. The largest absolute Gasteiger partial charge is 0.457 e. The molecule has 0 saturated heterocycles. The number of rotatable bonds is 5. The number of nitrogen functional groups attached to an aromatic ring is 1. The zero-order chi connectivity index (χ0) is 24.2. The van der Waals surface area contributed by atoms with Gasteiger partial charge in [-0.15, -0.1) is 0 Å². The molecule has 0 bridgehead atoms. The summed E-state index contributed by atoms with van der Waals surface area (Å²) in [7, 11) is 0. The minimum Gasteiger partial charge on any atom is -0.457 e. The molecular weight excluding hydrogens is 440 g/mol. The third-order valence-electron chi connectivity index (χ3n) is 6.24. The molecule has 4 aromatic rings. The first kappa shape index (κ1) is 22.4. The first-order valence-electron chi connectivity index (χ1n) is 11.7. The van der Waals surface area contributed by atoms with E-state index in [1.165, 1.54) is 6.33 Å². The van der Waals surface area contributed by atoms with Crippen molar-refractivity contribution in [2.75, 3.05) is 5.73 Å². The van der Waals surface area contributed by atoms with Crippen molar-refractivity contribution in [3.63, 3.8) is 0 Å². The Morgan fingerprint density at radius 3 is 2.46 bits per heavy atom. The van der Waals surface area contributed by atoms with E-state index >= 15 is 0 Å². The second-order valence-electron chi connectivity index (χ2n) is 8.54. The molecule has 176 valence electrons. The van der Waals surface area contributed by atoms with Gasteiger partial charge in [-0.3, -0.25) is 4.79 Å². The summed E-state index contributed by atoms with van der Waals surface area (Å²) in [5.41, 5.74) is 8.67. The number of nitrogens with one attached hydrogen (secondary N) is 1. The number of benzene rings is 2. The van der Waals surface area contributed by atoms with Crippen LogP contribution in [0.15, 0.2) is 60.9 Å². The number of fused-ring (bicyclic) bond motifs is 1. The molecule has 0 atom stereocenters. The number of nitrogens with zero attached hydrogens (tertiary/aromatic N) is 4. The summed E-state index contributed by atoms with van der Waals surface area (Å²) < 4.78 is 7.89. The number of hydrogen-bond donors (Lipinski definition) is 2. The van der Waals surface area contributed by atoms with Gasteiger partial charge in [0.15, 0.2) is 5.65 Å². The van der Waals surface area contributed by atoms with Gasteiger partial charge in [0, 0.05) is 11.6 Å². The molecule has 1 aliphatic rings. The summed E-state index contributed by atoms with van der Waals surface area (Å²) in [6.07, 6.45) is 4.92. The molecule has 1 saturated carbocycles. The quantitative estimate of drug-likeness (QED) is 0.420. The highest BCUT2D eigenvalue weighted by Crippen LogP contribution is 2.36. The van der Waals surface area contributed by atoms with Gasteiger partial charge in [-0.2, -0.15) is 5.10 Å². The number of hydrogen-bond acceptors (Lipinski definition) is 6. The van der Waals surface area contributed by atoms with E-state index in [9.17, 15) is 4.79 Å². The summed E-state index contributed by atoms with van der Waals surface area (Å²) in [6.45, 7) is 1.66. The Kier molecular flexibility index (Phi) is 6.31. The SMILES string of the molecule is CC#CC(=O)N[C@H]1CC[C@H](n2nc(-c3ccc(Oc4ccccc4)cc3)c3c(N)ncnc32)CC1. The maximum Gasteiger partial charge on any atom is 0.296 e. The van der Waals surface area contributed by atoms with E-state index in [2.05, 4.69) is 27.1 Å². The maximum absolute atomic E-state index is 11.8. The average molecular weight is 467 g/mol. The van der Waals surface area contributed by atoms with Crippen LogP contribution in [0.2, 0.25) is 0 Å². The predicted molar refractivity (Wildman–Crippen MR) is 135 cm³/mol. The van der Waals surface area contributed by atoms with Crippen molar-refractivity contribution in [1.29, 1.82) is 0 Å². The van der Waals surface area contributed by atoms with Crippen LogP contribution < -0.4 is 15.8 Å². The first-order chi connectivity index (χ1) is 17.1. The van der Waals surface area contributed by atoms with Gasteiger partial charge in [0.25, 0.3) is 5.91 Å². The Morgan fingerprint density at radius 2 is 1.74 bits per heavy atom. The molecule has 1 fully saturated rings. The number of nitrogens with two attached hydrogens (primary N) is 1. The van der Waals surface area contributed by atoms with E-state index in [1.807, 2.05) is 59.3 Å².